The molecule has 1 aromatic heterocycles. The van der Waals surface area contributed by atoms with Crippen LogP contribution in [0, 0.1) is 23.1 Å². The van der Waals surface area contributed by atoms with Crippen LogP contribution >= 0.6 is 11.3 Å². The van der Waals surface area contributed by atoms with E-state index < -0.39 is 11.5 Å². The summed E-state index contributed by atoms with van der Waals surface area (Å²) in [6.45, 7) is 1.92. The van der Waals surface area contributed by atoms with Crippen molar-refractivity contribution in [2.24, 2.45) is 16.6 Å². The Labute approximate surface area is 196 Å². The molecule has 0 saturated carbocycles. The van der Waals surface area contributed by atoms with E-state index in [0.29, 0.717) is 12.0 Å². The van der Waals surface area contributed by atoms with E-state index in [4.69, 9.17) is 10.7 Å². The summed E-state index contributed by atoms with van der Waals surface area (Å²) >= 11 is 1.51. The van der Waals surface area contributed by atoms with E-state index in [2.05, 4.69) is 6.07 Å². The minimum absolute atomic E-state index is 0.115. The number of nitriles is 1. The molecule has 7 heteroatoms. The molecule has 0 fully saturated rings. The lowest BCUT2D eigenvalue weighted by molar-refractivity contribution is -0.133. The first kappa shape index (κ1) is 22.4. The smallest absolute Gasteiger partial charge is 0.235 e. The van der Waals surface area contributed by atoms with Gasteiger partial charge in [0.25, 0.3) is 0 Å². The summed E-state index contributed by atoms with van der Waals surface area (Å²) in [6, 6.07) is 17.9. The molecule has 33 heavy (non-hydrogen) atoms. The molecule has 2 N–H and O–H groups in total. The molecule has 0 aliphatic carbocycles. The van der Waals surface area contributed by atoms with Crippen molar-refractivity contribution in [1.29, 1.82) is 5.26 Å². The van der Waals surface area contributed by atoms with Gasteiger partial charge in [0.1, 0.15) is 11.4 Å². The fourth-order valence-corrected chi connectivity index (χ4v) is 5.09. The molecule has 2 unspecified atom stereocenters. The van der Waals surface area contributed by atoms with E-state index in [1.165, 1.54) is 28.4 Å². The van der Waals surface area contributed by atoms with E-state index in [1.54, 1.807) is 19.2 Å². The van der Waals surface area contributed by atoms with E-state index in [1.807, 2.05) is 54.8 Å². The van der Waals surface area contributed by atoms with E-state index in [0.717, 1.165) is 21.6 Å². The largest absolute Gasteiger partial charge is 0.369 e. The highest BCUT2D eigenvalue weighted by atomic mass is 32.1. The molecule has 0 spiro atoms. The fraction of sp³-hybridized carbons (Fsp3) is 0.192. The summed E-state index contributed by atoms with van der Waals surface area (Å²) in [5.74, 6) is -0.722. The molecular weight excluding hydrogens is 435 g/mol. The molecular formula is C26H23FN4OS. The van der Waals surface area contributed by atoms with E-state index in [-0.39, 0.29) is 17.7 Å². The predicted molar refractivity (Wildman–Crippen MR) is 130 cm³/mol. The Bertz CT molecular complexity index is 1310. The summed E-state index contributed by atoms with van der Waals surface area (Å²) in [7, 11) is 1.62. The van der Waals surface area contributed by atoms with Gasteiger partial charge in [-0.15, -0.1) is 11.3 Å². The number of thiophene rings is 1. The SMILES string of the molecule is CN1C(=O)C(CC=Cc2cccc(F)c2)C(C)(c2cc(-c3cccc(C#N)c3)cs2)N=C1N. The molecule has 1 amide bonds. The second kappa shape index (κ2) is 9.00. The van der Waals surface area contributed by atoms with Crippen LogP contribution in [0.4, 0.5) is 4.39 Å². The number of aliphatic imine (C=N–C) groups is 1. The number of halogens is 1. The maximum absolute atomic E-state index is 13.5. The van der Waals surface area contributed by atoms with Crippen LogP contribution in [0.2, 0.25) is 0 Å². The molecule has 2 atom stereocenters. The summed E-state index contributed by atoms with van der Waals surface area (Å²) < 4.78 is 13.5. The molecule has 1 aliphatic heterocycles. The normalized spacial score (nSPS) is 20.7. The zero-order chi connectivity index (χ0) is 23.6. The number of guanidine groups is 1. The first-order valence-electron chi connectivity index (χ1n) is 10.5. The van der Waals surface area contributed by atoms with Gasteiger partial charge in [-0.2, -0.15) is 5.26 Å². The van der Waals surface area contributed by atoms with Crippen molar-refractivity contribution in [3.05, 3.63) is 87.9 Å². The molecule has 2 heterocycles. The van der Waals surface area contributed by atoms with Gasteiger partial charge in [0.15, 0.2) is 5.96 Å². The monoisotopic (exact) mass is 458 g/mol. The summed E-state index contributed by atoms with van der Waals surface area (Å²) in [6.07, 6.45) is 4.11. The molecule has 4 rings (SSSR count). The van der Waals surface area contributed by atoms with Crippen LogP contribution in [-0.4, -0.2) is 23.8 Å². The highest BCUT2D eigenvalue weighted by molar-refractivity contribution is 7.10. The third-order valence-corrected chi connectivity index (χ3v) is 7.11. The van der Waals surface area contributed by atoms with Crippen molar-refractivity contribution in [1.82, 2.24) is 4.90 Å². The number of nitrogens with zero attached hydrogens (tertiary/aromatic N) is 3. The van der Waals surface area contributed by atoms with Crippen LogP contribution in [0.3, 0.4) is 0 Å². The number of allylic oxidation sites excluding steroid dienone is 1. The number of hydrogen-bond donors (Lipinski definition) is 1. The van der Waals surface area contributed by atoms with E-state index in [9.17, 15) is 14.4 Å². The van der Waals surface area contributed by atoms with Gasteiger partial charge in [-0.25, -0.2) is 9.38 Å². The number of benzene rings is 2. The number of nitrogens with two attached hydrogens (primary N) is 1. The summed E-state index contributed by atoms with van der Waals surface area (Å²) in [4.78, 5) is 20.3. The number of amides is 1. The maximum atomic E-state index is 13.5. The molecule has 2 aromatic carbocycles. The molecule has 1 aliphatic rings. The van der Waals surface area contributed by atoms with Crippen molar-refractivity contribution >= 4 is 29.3 Å². The van der Waals surface area contributed by atoms with Crippen LogP contribution in [0.25, 0.3) is 17.2 Å². The number of rotatable bonds is 5. The third kappa shape index (κ3) is 4.43. The molecule has 166 valence electrons. The zero-order valence-electron chi connectivity index (χ0n) is 18.3. The Morgan fingerprint density at radius 2 is 2.03 bits per heavy atom. The van der Waals surface area contributed by atoms with Crippen molar-refractivity contribution < 1.29 is 9.18 Å². The molecule has 0 saturated heterocycles. The van der Waals surface area contributed by atoms with Crippen LogP contribution in [0.1, 0.15) is 29.3 Å². The highest BCUT2D eigenvalue weighted by Crippen LogP contribution is 2.44. The predicted octanol–water partition coefficient (Wildman–Crippen LogP) is 5.15. The van der Waals surface area contributed by atoms with Gasteiger partial charge >= 0.3 is 0 Å². The molecule has 3 aromatic rings. The van der Waals surface area contributed by atoms with Crippen molar-refractivity contribution in [2.75, 3.05) is 7.05 Å². The Kier molecular flexibility index (Phi) is 6.12. The van der Waals surface area contributed by atoms with Crippen LogP contribution in [0.15, 0.2) is 71.0 Å². The van der Waals surface area contributed by atoms with Crippen molar-refractivity contribution in [2.45, 2.75) is 18.9 Å². The quantitative estimate of drug-likeness (QED) is 0.574. The summed E-state index contributed by atoms with van der Waals surface area (Å²) in [5, 5.41) is 11.2. The number of carbonyl (C=O) groups excluding carboxylic acids is 1. The number of hydrogen-bond acceptors (Lipinski definition) is 5. The van der Waals surface area contributed by atoms with Gasteiger partial charge in [0.05, 0.1) is 17.6 Å². The van der Waals surface area contributed by atoms with Gasteiger partial charge in [-0.1, -0.05) is 36.4 Å². The Morgan fingerprint density at radius 1 is 1.24 bits per heavy atom. The van der Waals surface area contributed by atoms with Crippen molar-refractivity contribution in [3.8, 4) is 17.2 Å². The second-order valence-corrected chi connectivity index (χ2v) is 9.06. The minimum atomic E-state index is -0.851. The first-order valence-corrected chi connectivity index (χ1v) is 11.3. The second-order valence-electron chi connectivity index (χ2n) is 8.15. The lowest BCUT2D eigenvalue weighted by atomic mass is 9.79. The van der Waals surface area contributed by atoms with E-state index >= 15 is 0 Å². The number of carbonyl (C=O) groups is 1. The van der Waals surface area contributed by atoms with Gasteiger partial charge < -0.3 is 5.73 Å². The lowest BCUT2D eigenvalue weighted by Gasteiger charge is -2.39. The zero-order valence-corrected chi connectivity index (χ0v) is 19.1. The van der Waals surface area contributed by atoms with Crippen LogP contribution in [-0.2, 0) is 10.3 Å². The third-order valence-electron chi connectivity index (χ3n) is 5.95. The van der Waals surface area contributed by atoms with Crippen molar-refractivity contribution in [3.63, 3.8) is 0 Å². The average Bonchev–Trinajstić information content (AvgIpc) is 3.31. The molecule has 0 bridgehead atoms. The molecule has 0 radical (unpaired) electrons. The Hall–Kier alpha value is -3.76. The Balaban J connectivity index is 1.68. The topological polar surface area (TPSA) is 82.5 Å². The average molecular weight is 459 g/mol. The maximum Gasteiger partial charge on any atom is 0.235 e. The Morgan fingerprint density at radius 3 is 2.79 bits per heavy atom. The highest BCUT2D eigenvalue weighted by Gasteiger charge is 2.46. The van der Waals surface area contributed by atoms with Crippen LogP contribution < -0.4 is 5.73 Å². The first-order chi connectivity index (χ1) is 15.8. The van der Waals surface area contributed by atoms with Gasteiger partial charge in [0.2, 0.25) is 5.91 Å². The standard InChI is InChI=1S/C26H23FN4OS/c1-26(23-14-20(16-33-23)19-9-3-8-18(12-19)15-28)22(24(32)31(2)25(29)30-26)11-5-7-17-6-4-10-21(27)13-17/h3-10,12-14,16,22H,11H2,1-2H3,(H2,29,30). The van der Waals surface area contributed by atoms with Crippen LogP contribution in [0.5, 0.6) is 0 Å². The fourth-order valence-electron chi connectivity index (χ4n) is 4.01. The molecule has 5 nitrogen and oxygen atoms in total. The minimum Gasteiger partial charge on any atom is -0.369 e. The lowest BCUT2D eigenvalue weighted by Crippen LogP contribution is -2.53. The summed E-state index contributed by atoms with van der Waals surface area (Å²) in [5.41, 5.74) is 8.45. The van der Waals surface area contributed by atoms with Gasteiger partial charge in [-0.3, -0.25) is 9.69 Å². The van der Waals surface area contributed by atoms with Gasteiger partial charge in [0, 0.05) is 11.9 Å². The van der Waals surface area contributed by atoms with Gasteiger partial charge in [-0.05, 0) is 65.7 Å².